The van der Waals surface area contributed by atoms with Crippen molar-refractivity contribution in [2.45, 2.75) is 19.3 Å². The molecule has 8 heteroatoms. The monoisotopic (exact) mass is 534 g/mol. The fraction of sp³-hybridized carbons (Fsp3) is 0.185. The molecule has 0 aromatic heterocycles. The summed E-state index contributed by atoms with van der Waals surface area (Å²) in [5.74, 6) is 1.03. The van der Waals surface area contributed by atoms with E-state index in [0.29, 0.717) is 23.7 Å². The largest absolute Gasteiger partial charge is 0.494 e. The Labute approximate surface area is 211 Å². The van der Waals surface area contributed by atoms with Crippen LogP contribution in [0.3, 0.4) is 0 Å². The van der Waals surface area contributed by atoms with E-state index in [2.05, 4.69) is 22.0 Å². The zero-order valence-corrected chi connectivity index (χ0v) is 20.6. The highest BCUT2D eigenvalue weighted by atomic mass is 79.9. The molecule has 1 aliphatic rings. The molecule has 1 unspecified atom stereocenters. The van der Waals surface area contributed by atoms with Gasteiger partial charge in [-0.25, -0.2) is 4.79 Å². The summed E-state index contributed by atoms with van der Waals surface area (Å²) in [4.78, 5) is 12.3. The summed E-state index contributed by atoms with van der Waals surface area (Å²) < 4.78 is 23.2. The molecule has 0 bridgehead atoms. The van der Waals surface area contributed by atoms with E-state index in [1.54, 1.807) is 30.3 Å². The topological polar surface area (TPSA) is 104 Å². The summed E-state index contributed by atoms with van der Waals surface area (Å²) in [5, 5.41) is 9.75. The van der Waals surface area contributed by atoms with Gasteiger partial charge in [-0.15, -0.1) is 0 Å². The highest BCUT2D eigenvalue weighted by molar-refractivity contribution is 9.10. The molecule has 3 aromatic carbocycles. The third-order valence-electron chi connectivity index (χ3n) is 5.28. The third-order valence-corrected chi connectivity index (χ3v) is 5.81. The number of hydrogen-bond donors (Lipinski definition) is 1. The molecule has 1 aliphatic heterocycles. The molecule has 1 atom stereocenters. The third kappa shape index (κ3) is 5.76. The summed E-state index contributed by atoms with van der Waals surface area (Å²) >= 11 is 3.35. The quantitative estimate of drug-likeness (QED) is 0.303. The van der Waals surface area contributed by atoms with Crippen molar-refractivity contribution in [3.8, 4) is 29.1 Å². The lowest BCUT2D eigenvalue weighted by Gasteiger charge is -2.26. The number of hydrogen-bond acceptors (Lipinski definition) is 7. The molecule has 0 fully saturated rings. The molecule has 4 rings (SSSR count). The number of fused-ring (bicyclic) bond motifs is 1. The lowest BCUT2D eigenvalue weighted by Crippen LogP contribution is -2.21. The molecule has 0 radical (unpaired) electrons. The standard InChI is InChI=1S/C27H23BrN2O5/c1-2-13-32-19-7-3-17(4-8-19)26-22-12-11-21(14-24(22)35-27(30)23(26)15-29)34-25(31)16-33-20-9-5-18(28)6-10-20/h3-12,14,26H,2,13,16,30H2,1H3. The summed E-state index contributed by atoms with van der Waals surface area (Å²) in [6.07, 6.45) is 0.913. The SMILES string of the molecule is CCCOc1ccc(C2C(C#N)=C(N)Oc3cc(OC(=O)COc4ccc(Br)cc4)ccc32)cc1. The van der Waals surface area contributed by atoms with Gasteiger partial charge in [0.25, 0.3) is 0 Å². The van der Waals surface area contributed by atoms with Crippen LogP contribution in [0.1, 0.15) is 30.4 Å². The number of carbonyl (C=O) groups excluding carboxylic acids is 1. The molecule has 0 aliphatic carbocycles. The van der Waals surface area contributed by atoms with Gasteiger partial charge in [0.2, 0.25) is 5.88 Å². The Kier molecular flexibility index (Phi) is 7.58. The summed E-state index contributed by atoms with van der Waals surface area (Å²) in [5.41, 5.74) is 8.00. The van der Waals surface area contributed by atoms with Crippen molar-refractivity contribution in [2.24, 2.45) is 5.73 Å². The van der Waals surface area contributed by atoms with Crippen LogP contribution in [-0.2, 0) is 4.79 Å². The van der Waals surface area contributed by atoms with Crippen molar-refractivity contribution in [2.75, 3.05) is 13.2 Å². The Morgan fingerprint density at radius 1 is 1.03 bits per heavy atom. The number of benzene rings is 3. The van der Waals surface area contributed by atoms with Crippen molar-refractivity contribution >= 4 is 21.9 Å². The molecule has 0 spiro atoms. The Hall–Kier alpha value is -3.96. The predicted octanol–water partition coefficient (Wildman–Crippen LogP) is 5.44. The maximum Gasteiger partial charge on any atom is 0.349 e. The lowest BCUT2D eigenvalue weighted by molar-refractivity contribution is -0.136. The first kappa shape index (κ1) is 24.2. The van der Waals surface area contributed by atoms with Gasteiger partial charge in [0.15, 0.2) is 6.61 Å². The highest BCUT2D eigenvalue weighted by Gasteiger charge is 2.31. The summed E-state index contributed by atoms with van der Waals surface area (Å²) in [7, 11) is 0. The first-order chi connectivity index (χ1) is 17.0. The van der Waals surface area contributed by atoms with Crippen LogP contribution in [0.2, 0.25) is 0 Å². The second kappa shape index (κ2) is 11.0. The minimum Gasteiger partial charge on any atom is -0.494 e. The van der Waals surface area contributed by atoms with E-state index in [9.17, 15) is 10.1 Å². The van der Waals surface area contributed by atoms with Crippen molar-refractivity contribution in [3.63, 3.8) is 0 Å². The first-order valence-corrected chi connectivity index (χ1v) is 11.8. The van der Waals surface area contributed by atoms with Crippen LogP contribution in [0.25, 0.3) is 0 Å². The molecule has 1 heterocycles. The van der Waals surface area contributed by atoms with Gasteiger partial charge in [0.05, 0.1) is 12.5 Å². The number of allylic oxidation sites excluding steroid dienone is 1. The van der Waals surface area contributed by atoms with E-state index in [1.165, 1.54) is 0 Å². The smallest absolute Gasteiger partial charge is 0.349 e. The second-order valence-electron chi connectivity index (χ2n) is 7.76. The number of ether oxygens (including phenoxy) is 4. The molecular formula is C27H23BrN2O5. The second-order valence-corrected chi connectivity index (χ2v) is 8.67. The van der Waals surface area contributed by atoms with Crippen LogP contribution < -0.4 is 24.7 Å². The Bertz CT molecular complexity index is 1280. The normalized spacial score (nSPS) is 14.4. The molecule has 178 valence electrons. The maximum atomic E-state index is 12.3. The highest BCUT2D eigenvalue weighted by Crippen LogP contribution is 2.43. The van der Waals surface area contributed by atoms with Gasteiger partial charge < -0.3 is 24.7 Å². The average molecular weight is 535 g/mol. The number of esters is 1. The van der Waals surface area contributed by atoms with Crippen molar-refractivity contribution < 1.29 is 23.7 Å². The minimum atomic E-state index is -0.566. The van der Waals surface area contributed by atoms with Crippen LogP contribution in [0.15, 0.2) is 82.7 Å². The summed E-state index contributed by atoms with van der Waals surface area (Å²) in [6, 6.07) is 21.8. The van der Waals surface area contributed by atoms with Gasteiger partial charge in [0.1, 0.15) is 34.6 Å². The van der Waals surface area contributed by atoms with Crippen LogP contribution in [0, 0.1) is 11.3 Å². The zero-order valence-electron chi connectivity index (χ0n) is 19.0. The molecule has 0 saturated carbocycles. The van der Waals surface area contributed by atoms with Crippen LogP contribution in [-0.4, -0.2) is 19.2 Å². The van der Waals surface area contributed by atoms with E-state index < -0.39 is 11.9 Å². The number of halogens is 1. The number of rotatable bonds is 8. The van der Waals surface area contributed by atoms with E-state index in [0.717, 1.165) is 27.8 Å². The van der Waals surface area contributed by atoms with E-state index in [1.807, 2.05) is 43.3 Å². The number of carbonyl (C=O) groups is 1. The van der Waals surface area contributed by atoms with Crippen molar-refractivity contribution in [1.82, 2.24) is 0 Å². The summed E-state index contributed by atoms with van der Waals surface area (Å²) in [6.45, 7) is 2.42. The molecule has 2 N–H and O–H groups in total. The molecule has 35 heavy (non-hydrogen) atoms. The fourth-order valence-corrected chi connectivity index (χ4v) is 3.92. The average Bonchev–Trinajstić information content (AvgIpc) is 2.86. The number of nitriles is 1. The van der Waals surface area contributed by atoms with Crippen LogP contribution in [0.5, 0.6) is 23.0 Å². The van der Waals surface area contributed by atoms with Gasteiger partial charge in [-0.2, -0.15) is 5.26 Å². The van der Waals surface area contributed by atoms with Gasteiger partial charge in [-0.05, 0) is 54.4 Å². The first-order valence-electron chi connectivity index (χ1n) is 11.0. The molecule has 3 aromatic rings. The molecular weight excluding hydrogens is 512 g/mol. The molecule has 0 saturated heterocycles. The fourth-order valence-electron chi connectivity index (χ4n) is 3.65. The van der Waals surface area contributed by atoms with E-state index >= 15 is 0 Å². The number of nitrogens with two attached hydrogens (primary N) is 1. The Balaban J connectivity index is 1.51. The van der Waals surface area contributed by atoms with E-state index in [4.69, 9.17) is 24.7 Å². The van der Waals surface area contributed by atoms with E-state index in [-0.39, 0.29) is 18.2 Å². The van der Waals surface area contributed by atoms with Crippen LogP contribution in [0.4, 0.5) is 0 Å². The van der Waals surface area contributed by atoms with Gasteiger partial charge in [-0.3, -0.25) is 0 Å². The predicted molar refractivity (Wildman–Crippen MR) is 133 cm³/mol. The molecule has 0 amide bonds. The molecule has 7 nitrogen and oxygen atoms in total. The Morgan fingerprint density at radius 3 is 2.37 bits per heavy atom. The van der Waals surface area contributed by atoms with Crippen molar-refractivity contribution in [1.29, 1.82) is 5.26 Å². The van der Waals surface area contributed by atoms with Gasteiger partial charge in [-0.1, -0.05) is 41.1 Å². The van der Waals surface area contributed by atoms with Crippen molar-refractivity contribution in [3.05, 3.63) is 93.8 Å². The lowest BCUT2D eigenvalue weighted by atomic mass is 9.83. The zero-order chi connectivity index (χ0) is 24.8. The number of nitrogens with zero attached hydrogens (tertiary/aromatic N) is 1. The van der Waals surface area contributed by atoms with Gasteiger partial charge in [0, 0.05) is 16.1 Å². The van der Waals surface area contributed by atoms with Crippen LogP contribution >= 0.6 is 15.9 Å². The van der Waals surface area contributed by atoms with Gasteiger partial charge >= 0.3 is 5.97 Å². The minimum absolute atomic E-state index is 0.0124. The maximum absolute atomic E-state index is 12.3. The Morgan fingerprint density at radius 2 is 1.69 bits per heavy atom.